The molecule has 1 aliphatic heterocycles. The van der Waals surface area contributed by atoms with Gasteiger partial charge in [0.25, 0.3) is 0 Å². The first-order chi connectivity index (χ1) is 19.9. The van der Waals surface area contributed by atoms with Crippen molar-refractivity contribution in [2.24, 2.45) is 0 Å². The maximum atomic E-state index is 13.8. The van der Waals surface area contributed by atoms with Crippen molar-refractivity contribution in [2.45, 2.75) is 20.4 Å². The summed E-state index contributed by atoms with van der Waals surface area (Å²) in [5, 5.41) is 5.87. The highest BCUT2D eigenvalue weighted by Crippen LogP contribution is 2.35. The zero-order valence-electron chi connectivity index (χ0n) is 24.4. The minimum atomic E-state index is -0.231. The second kappa shape index (κ2) is 11.5. The van der Waals surface area contributed by atoms with Crippen LogP contribution in [-0.4, -0.2) is 82.9 Å². The predicted molar refractivity (Wildman–Crippen MR) is 165 cm³/mol. The topological polar surface area (TPSA) is 56.2 Å². The number of aromatic nitrogens is 4. The lowest BCUT2D eigenvalue weighted by Crippen LogP contribution is -2.48. The largest absolute Gasteiger partial charge is 0.369 e. The summed E-state index contributed by atoms with van der Waals surface area (Å²) in [6.07, 6.45) is 3.96. The summed E-state index contributed by atoms with van der Waals surface area (Å²) >= 11 is 0. The zero-order valence-corrected chi connectivity index (χ0v) is 24.4. The van der Waals surface area contributed by atoms with Gasteiger partial charge in [0.2, 0.25) is 0 Å². The molecular weight excluding hydrogens is 513 g/mol. The maximum Gasteiger partial charge on any atom is 0.137 e. The lowest BCUT2D eigenvalue weighted by molar-refractivity contribution is 0.229. The van der Waals surface area contributed by atoms with Crippen LogP contribution < -0.4 is 4.90 Å². The number of nitrogens with zero attached hydrogens (tertiary/aromatic N) is 6. The summed E-state index contributed by atoms with van der Waals surface area (Å²) < 4.78 is 15.7. The molecule has 0 aliphatic carbocycles. The van der Waals surface area contributed by atoms with Gasteiger partial charge < -0.3 is 14.8 Å². The first-order valence-electron chi connectivity index (χ1n) is 14.3. The third-order valence-corrected chi connectivity index (χ3v) is 8.20. The molecule has 6 rings (SSSR count). The van der Waals surface area contributed by atoms with Crippen molar-refractivity contribution >= 4 is 16.7 Å². The molecule has 0 radical (unpaired) electrons. The third-order valence-electron chi connectivity index (χ3n) is 8.20. The van der Waals surface area contributed by atoms with Crippen LogP contribution in [0.5, 0.6) is 0 Å². The molecule has 0 spiro atoms. The van der Waals surface area contributed by atoms with Crippen molar-refractivity contribution in [1.82, 2.24) is 29.5 Å². The molecule has 41 heavy (non-hydrogen) atoms. The Morgan fingerprint density at radius 1 is 0.951 bits per heavy atom. The van der Waals surface area contributed by atoms with Crippen LogP contribution in [0.3, 0.4) is 0 Å². The number of likely N-dealkylation sites (N-methyl/N-ethyl adjacent to an activating group) is 1. The fourth-order valence-electron chi connectivity index (χ4n) is 5.85. The molecule has 0 saturated carbocycles. The minimum absolute atomic E-state index is 0.231. The van der Waals surface area contributed by atoms with E-state index in [1.807, 2.05) is 30.1 Å². The first-order valence-corrected chi connectivity index (χ1v) is 14.3. The number of hydrogen-bond acceptors (Lipinski definition) is 5. The minimum Gasteiger partial charge on any atom is -0.369 e. The molecule has 1 N–H and O–H groups in total. The molecule has 0 unspecified atom stereocenters. The Bertz CT molecular complexity index is 1640. The van der Waals surface area contributed by atoms with Crippen molar-refractivity contribution in [3.05, 3.63) is 89.8 Å². The highest BCUT2D eigenvalue weighted by atomic mass is 19.1. The molecule has 1 aliphatic rings. The number of anilines is 1. The van der Waals surface area contributed by atoms with E-state index >= 15 is 0 Å². The average molecular weight is 552 g/mol. The smallest absolute Gasteiger partial charge is 0.137 e. The molecule has 8 heteroatoms. The van der Waals surface area contributed by atoms with Crippen LogP contribution in [0.1, 0.15) is 17.0 Å². The SMILES string of the molecule is Cc1nn(Cc2cccc(F)c2)c(C)c1-c1c[nH]c2ncc(-c3ccc(N4CCN(CCN(C)C)CC4)cc3)cc12. The molecule has 212 valence electrons. The molecule has 3 aromatic heterocycles. The summed E-state index contributed by atoms with van der Waals surface area (Å²) in [5.41, 5.74) is 9.40. The van der Waals surface area contributed by atoms with Gasteiger partial charge in [-0.15, -0.1) is 0 Å². The van der Waals surface area contributed by atoms with E-state index in [-0.39, 0.29) is 5.82 Å². The number of H-pyrrole nitrogens is 1. The standard InChI is InChI=1S/C33H38FN7/c1-23-32(24(2)41(37-23)22-25-6-5-7-28(34)18-25)31-21-36-33-30(31)19-27(20-35-33)26-8-10-29(11-9-26)40-16-14-39(15-17-40)13-12-38(3)4/h5-11,18-21H,12-17,22H2,1-4H3,(H,35,36). The van der Waals surface area contributed by atoms with Crippen molar-refractivity contribution < 1.29 is 4.39 Å². The monoisotopic (exact) mass is 551 g/mol. The Kier molecular flexibility index (Phi) is 7.60. The van der Waals surface area contributed by atoms with Gasteiger partial charge in [0.05, 0.1) is 12.2 Å². The summed E-state index contributed by atoms with van der Waals surface area (Å²) in [5.74, 6) is -0.231. The Morgan fingerprint density at radius 2 is 1.73 bits per heavy atom. The number of benzene rings is 2. The molecule has 1 saturated heterocycles. The summed E-state index contributed by atoms with van der Waals surface area (Å²) in [6.45, 7) is 11.2. The Balaban J connectivity index is 1.22. The first kappa shape index (κ1) is 27.2. The van der Waals surface area contributed by atoms with E-state index < -0.39 is 0 Å². The Hall–Kier alpha value is -4.01. The third kappa shape index (κ3) is 5.76. The van der Waals surface area contributed by atoms with Crippen molar-refractivity contribution in [1.29, 1.82) is 0 Å². The van der Waals surface area contributed by atoms with Crippen LogP contribution in [0.4, 0.5) is 10.1 Å². The van der Waals surface area contributed by atoms with Gasteiger partial charge in [0, 0.05) is 85.1 Å². The number of hydrogen-bond donors (Lipinski definition) is 1. The van der Waals surface area contributed by atoms with Gasteiger partial charge in [-0.3, -0.25) is 9.58 Å². The Labute approximate surface area is 241 Å². The molecule has 7 nitrogen and oxygen atoms in total. The van der Waals surface area contributed by atoms with E-state index in [0.29, 0.717) is 6.54 Å². The van der Waals surface area contributed by atoms with Gasteiger partial charge in [0.1, 0.15) is 11.5 Å². The molecule has 4 heterocycles. The molecular formula is C33H38FN7. The number of piperazine rings is 1. The van der Waals surface area contributed by atoms with Crippen molar-refractivity contribution in [2.75, 3.05) is 58.3 Å². The fraction of sp³-hybridized carbons (Fsp3) is 0.333. The molecule has 1 fully saturated rings. The summed E-state index contributed by atoms with van der Waals surface area (Å²) in [7, 11) is 4.27. The van der Waals surface area contributed by atoms with Crippen LogP contribution in [-0.2, 0) is 6.54 Å². The number of fused-ring (bicyclic) bond motifs is 1. The highest BCUT2D eigenvalue weighted by molar-refractivity contribution is 5.97. The molecule has 0 atom stereocenters. The van der Waals surface area contributed by atoms with Crippen molar-refractivity contribution in [3.8, 4) is 22.3 Å². The second-order valence-electron chi connectivity index (χ2n) is 11.3. The number of halogens is 1. The lowest BCUT2D eigenvalue weighted by atomic mass is 10.0. The van der Waals surface area contributed by atoms with E-state index in [9.17, 15) is 4.39 Å². The van der Waals surface area contributed by atoms with Crippen LogP contribution >= 0.6 is 0 Å². The zero-order chi connectivity index (χ0) is 28.5. The number of pyridine rings is 1. The van der Waals surface area contributed by atoms with E-state index in [1.165, 1.54) is 11.8 Å². The van der Waals surface area contributed by atoms with E-state index in [4.69, 9.17) is 10.1 Å². The van der Waals surface area contributed by atoms with E-state index in [0.717, 1.165) is 89.5 Å². The number of aromatic amines is 1. The molecule has 2 aromatic carbocycles. The highest BCUT2D eigenvalue weighted by Gasteiger charge is 2.19. The van der Waals surface area contributed by atoms with E-state index in [1.54, 1.807) is 12.1 Å². The van der Waals surface area contributed by atoms with Gasteiger partial charge in [0.15, 0.2) is 0 Å². The molecule has 0 amide bonds. The van der Waals surface area contributed by atoms with Crippen LogP contribution in [0, 0.1) is 19.7 Å². The lowest BCUT2D eigenvalue weighted by Gasteiger charge is -2.36. The van der Waals surface area contributed by atoms with Crippen LogP contribution in [0.25, 0.3) is 33.3 Å². The Morgan fingerprint density at radius 3 is 2.46 bits per heavy atom. The van der Waals surface area contributed by atoms with Crippen LogP contribution in [0.2, 0.25) is 0 Å². The number of aryl methyl sites for hydroxylation is 1. The quantitative estimate of drug-likeness (QED) is 0.273. The van der Waals surface area contributed by atoms with Crippen molar-refractivity contribution in [3.63, 3.8) is 0 Å². The molecule has 0 bridgehead atoms. The maximum absolute atomic E-state index is 13.8. The average Bonchev–Trinajstić information content (AvgIpc) is 3.50. The van der Waals surface area contributed by atoms with Gasteiger partial charge >= 0.3 is 0 Å². The molecule has 5 aromatic rings. The van der Waals surface area contributed by atoms with Gasteiger partial charge in [-0.1, -0.05) is 24.3 Å². The van der Waals surface area contributed by atoms with Gasteiger partial charge in [-0.25, -0.2) is 9.37 Å². The summed E-state index contributed by atoms with van der Waals surface area (Å²) in [6, 6.07) is 17.8. The van der Waals surface area contributed by atoms with E-state index in [2.05, 4.69) is 71.0 Å². The number of rotatable bonds is 8. The fourth-order valence-corrected chi connectivity index (χ4v) is 5.85. The van der Waals surface area contributed by atoms with Gasteiger partial charge in [-0.2, -0.15) is 5.10 Å². The van der Waals surface area contributed by atoms with Crippen LogP contribution in [0.15, 0.2) is 67.0 Å². The summed E-state index contributed by atoms with van der Waals surface area (Å²) in [4.78, 5) is 15.4. The van der Waals surface area contributed by atoms with Gasteiger partial charge in [-0.05, 0) is 69.4 Å². The predicted octanol–water partition coefficient (Wildman–Crippen LogP) is 5.58. The number of nitrogens with one attached hydrogen (secondary N) is 1. The second-order valence-corrected chi connectivity index (χ2v) is 11.3. The normalized spacial score (nSPS) is 14.4.